The summed E-state index contributed by atoms with van der Waals surface area (Å²) in [5.74, 6) is 7.16. The predicted molar refractivity (Wildman–Crippen MR) is 232 cm³/mol. The van der Waals surface area contributed by atoms with Gasteiger partial charge in [0, 0.05) is 0 Å². The Labute approximate surface area is 317 Å². The van der Waals surface area contributed by atoms with Crippen molar-refractivity contribution in [2.24, 2.45) is 21.8 Å². The second-order valence-electron chi connectivity index (χ2n) is 15.5. The average Bonchev–Trinajstić information content (AvgIpc) is 3.82. The number of amidine groups is 2. The van der Waals surface area contributed by atoms with Gasteiger partial charge in [-0.05, 0) is 0 Å². The first-order valence-electron chi connectivity index (χ1n) is 19.6. The fourth-order valence-corrected chi connectivity index (χ4v) is 31.1. The van der Waals surface area contributed by atoms with Crippen LogP contribution in [0.25, 0.3) is 21.5 Å². The Hall–Kier alpha value is -2.42. The summed E-state index contributed by atoms with van der Waals surface area (Å²) in [6.45, 7) is 20.6. The van der Waals surface area contributed by atoms with Crippen LogP contribution in [0.5, 0.6) is 0 Å². The van der Waals surface area contributed by atoms with Gasteiger partial charge in [0.05, 0.1) is 0 Å². The van der Waals surface area contributed by atoms with E-state index in [1.54, 1.807) is 0 Å². The van der Waals surface area contributed by atoms with Crippen molar-refractivity contribution in [2.75, 3.05) is 50.8 Å². The molecule has 0 radical (unpaired) electrons. The molecule has 2 heterocycles. The molecule has 0 aromatic heterocycles. The third-order valence-electron chi connectivity index (χ3n) is 10.9. The van der Waals surface area contributed by atoms with E-state index in [4.69, 9.17) is 9.98 Å². The van der Waals surface area contributed by atoms with Gasteiger partial charge in [0.15, 0.2) is 0 Å². The molecule has 0 aliphatic carbocycles. The van der Waals surface area contributed by atoms with E-state index in [0.717, 1.165) is 51.1 Å². The van der Waals surface area contributed by atoms with Gasteiger partial charge in [-0.2, -0.15) is 0 Å². The van der Waals surface area contributed by atoms with Crippen molar-refractivity contribution in [3.05, 3.63) is 96.1 Å². The van der Waals surface area contributed by atoms with Gasteiger partial charge in [0.25, 0.3) is 0 Å². The molecule has 2 atom stereocenters. The Morgan fingerprint density at radius 3 is 1.41 bits per heavy atom. The Morgan fingerprint density at radius 1 is 0.569 bits per heavy atom. The standard InChI is InChI=1S/C44H60GeN4S2/c1-33(2)21-23-45(24-22-34(3)4,50-31-29-48-27-25-46-43(48)35(5)39-19-11-15-37-13-7-9-17-41(37)39)51-32-30-49-28-26-47-44(49)36(6)40-20-12-16-38-14-8-10-18-42(38)40/h7-20,33-36H,21-32H2,1-6H3. The second-order valence-corrected chi connectivity index (χ2v) is 35.9. The number of nitrogens with zero attached hydrogens (tertiary/aromatic N) is 4. The van der Waals surface area contributed by atoms with E-state index >= 15 is 0 Å². The normalized spacial score (nSPS) is 16.5. The molecule has 0 bridgehead atoms. The molecular formula is C44H60GeN4S2. The van der Waals surface area contributed by atoms with Crippen LogP contribution in [-0.4, -0.2) is 83.2 Å². The van der Waals surface area contributed by atoms with Crippen molar-refractivity contribution in [1.82, 2.24) is 9.80 Å². The molecule has 2 aliphatic rings. The summed E-state index contributed by atoms with van der Waals surface area (Å²) in [6, 6.07) is 31.2. The molecule has 51 heavy (non-hydrogen) atoms. The quantitative estimate of drug-likeness (QED) is 0.0941. The minimum absolute atomic E-state index is 0.304. The van der Waals surface area contributed by atoms with Gasteiger partial charge in [0.2, 0.25) is 0 Å². The molecule has 2 aliphatic heterocycles. The van der Waals surface area contributed by atoms with Crippen molar-refractivity contribution in [3.63, 3.8) is 0 Å². The number of rotatable bonds is 18. The van der Waals surface area contributed by atoms with Crippen LogP contribution in [0.3, 0.4) is 0 Å². The topological polar surface area (TPSA) is 31.2 Å². The Balaban J connectivity index is 1.12. The maximum atomic E-state index is 5.11. The van der Waals surface area contributed by atoms with Crippen LogP contribution in [0.4, 0.5) is 0 Å². The zero-order valence-corrected chi connectivity index (χ0v) is 35.7. The molecule has 4 aromatic carbocycles. The molecule has 7 heteroatoms. The van der Waals surface area contributed by atoms with Crippen LogP contribution in [0.15, 0.2) is 94.9 Å². The molecule has 0 fully saturated rings. The summed E-state index contributed by atoms with van der Waals surface area (Å²) in [4.78, 5) is 15.5. The van der Waals surface area contributed by atoms with Gasteiger partial charge < -0.3 is 0 Å². The molecule has 4 nitrogen and oxygen atoms in total. The first-order chi connectivity index (χ1) is 24.7. The van der Waals surface area contributed by atoms with E-state index in [-0.39, 0.29) is 0 Å². The van der Waals surface area contributed by atoms with Crippen molar-refractivity contribution < 1.29 is 0 Å². The first kappa shape index (κ1) is 38.3. The van der Waals surface area contributed by atoms with Crippen LogP contribution >= 0.6 is 20.2 Å². The maximum absolute atomic E-state index is 5.11. The van der Waals surface area contributed by atoms with Gasteiger partial charge in [-0.25, -0.2) is 0 Å². The van der Waals surface area contributed by atoms with E-state index in [9.17, 15) is 0 Å². The van der Waals surface area contributed by atoms with Gasteiger partial charge in [-0.1, -0.05) is 0 Å². The number of benzene rings is 4. The second kappa shape index (κ2) is 18.1. The van der Waals surface area contributed by atoms with Crippen molar-refractivity contribution in [2.45, 2.75) is 76.7 Å². The van der Waals surface area contributed by atoms with E-state index < -0.39 is 11.0 Å². The molecule has 0 N–H and O–H groups in total. The van der Waals surface area contributed by atoms with Gasteiger partial charge in [0.1, 0.15) is 0 Å². The Bertz CT molecular complexity index is 1660. The summed E-state index contributed by atoms with van der Waals surface area (Å²) >= 11 is 0. The third-order valence-corrected chi connectivity index (χ3v) is 34.3. The van der Waals surface area contributed by atoms with Crippen LogP contribution < -0.4 is 0 Å². The van der Waals surface area contributed by atoms with Crippen LogP contribution in [0, 0.1) is 11.8 Å². The number of hydrogen-bond acceptors (Lipinski definition) is 6. The van der Waals surface area contributed by atoms with Crippen LogP contribution in [-0.2, 0) is 0 Å². The van der Waals surface area contributed by atoms with Crippen LogP contribution in [0.2, 0.25) is 10.5 Å². The van der Waals surface area contributed by atoms with Gasteiger partial charge in [-0.15, -0.1) is 0 Å². The van der Waals surface area contributed by atoms with E-state index in [2.05, 4.69) is 156 Å². The van der Waals surface area contributed by atoms with E-state index in [1.807, 2.05) is 0 Å². The Morgan fingerprint density at radius 2 is 0.980 bits per heavy atom. The van der Waals surface area contributed by atoms with Gasteiger partial charge >= 0.3 is 320 Å². The minimum atomic E-state index is -2.33. The number of fused-ring (bicyclic) bond motifs is 2. The third kappa shape index (κ3) is 9.58. The predicted octanol–water partition coefficient (Wildman–Crippen LogP) is 11.3. The summed E-state index contributed by atoms with van der Waals surface area (Å²) in [6.07, 6.45) is 2.72. The summed E-state index contributed by atoms with van der Waals surface area (Å²) in [7, 11) is 2.56. The molecule has 0 amide bonds. The summed E-state index contributed by atoms with van der Waals surface area (Å²) in [5, 5.41) is 8.29. The SMILES string of the molecule is CC(C)C[CH2][Ge]([CH2]CC(C)C)([S]CCN1CCN=C1C(C)c1cccc2ccccc12)[S]CCN1CCN=C1C(C)c1cccc2ccccc12. The zero-order chi connectivity index (χ0) is 35.8. The summed E-state index contributed by atoms with van der Waals surface area (Å²) < 4.78 is 0. The fraction of sp³-hybridized carbons (Fsp3) is 0.500. The first-order valence-corrected chi connectivity index (χ1v) is 29.6. The number of hydrogen-bond donors (Lipinski definition) is 0. The average molecular weight is 782 g/mol. The van der Waals surface area contributed by atoms with Crippen molar-refractivity contribution in [1.29, 1.82) is 0 Å². The molecule has 272 valence electrons. The van der Waals surface area contributed by atoms with Crippen molar-refractivity contribution >= 4 is 64.4 Å². The monoisotopic (exact) mass is 782 g/mol. The zero-order valence-electron chi connectivity index (χ0n) is 32.0. The molecule has 4 aromatic rings. The molecular weight excluding hydrogens is 721 g/mol. The molecule has 6 rings (SSSR count). The van der Waals surface area contributed by atoms with Gasteiger partial charge in [-0.3, -0.25) is 0 Å². The van der Waals surface area contributed by atoms with Crippen LogP contribution in [0.1, 0.15) is 77.3 Å². The molecule has 0 spiro atoms. The number of aliphatic imine (C=N–C) groups is 2. The molecule has 2 unspecified atom stereocenters. The molecule has 0 saturated heterocycles. The Kier molecular flexibility index (Phi) is 13.6. The van der Waals surface area contributed by atoms with E-state index in [0.29, 0.717) is 11.8 Å². The fourth-order valence-electron chi connectivity index (χ4n) is 7.96. The summed E-state index contributed by atoms with van der Waals surface area (Å²) in [5.41, 5.74) is 2.81. The van der Waals surface area contributed by atoms with E-state index in [1.165, 1.54) is 79.2 Å². The molecule has 0 saturated carbocycles. The van der Waals surface area contributed by atoms with Crippen molar-refractivity contribution in [3.8, 4) is 0 Å².